The van der Waals surface area contributed by atoms with Gasteiger partial charge in [0.25, 0.3) is 5.91 Å². The van der Waals surface area contributed by atoms with Crippen LogP contribution in [0.3, 0.4) is 0 Å². The normalized spacial score (nSPS) is 15.8. The van der Waals surface area contributed by atoms with Gasteiger partial charge < -0.3 is 9.80 Å². The van der Waals surface area contributed by atoms with Crippen molar-refractivity contribution in [3.05, 3.63) is 34.3 Å². The zero-order chi connectivity index (χ0) is 16.3. The summed E-state index contributed by atoms with van der Waals surface area (Å²) >= 11 is 9.27. The van der Waals surface area contributed by atoms with E-state index in [0.717, 1.165) is 4.47 Å². The molecule has 0 spiro atoms. The van der Waals surface area contributed by atoms with E-state index in [9.17, 15) is 9.59 Å². The summed E-state index contributed by atoms with van der Waals surface area (Å²) in [7, 11) is 0. The highest BCUT2D eigenvalue weighted by molar-refractivity contribution is 9.10. The Morgan fingerprint density at radius 1 is 1.14 bits per heavy atom. The van der Waals surface area contributed by atoms with Crippen LogP contribution >= 0.6 is 27.5 Å². The van der Waals surface area contributed by atoms with Crippen LogP contribution < -0.4 is 0 Å². The first-order valence-electron chi connectivity index (χ1n) is 7.26. The Bertz CT molecular complexity index is 569. The van der Waals surface area contributed by atoms with Crippen molar-refractivity contribution in [2.45, 2.75) is 13.8 Å². The Kier molecular flexibility index (Phi) is 5.50. The van der Waals surface area contributed by atoms with Crippen molar-refractivity contribution in [2.75, 3.05) is 32.1 Å². The van der Waals surface area contributed by atoms with E-state index >= 15 is 0 Å². The van der Waals surface area contributed by atoms with Crippen LogP contribution in [0.25, 0.3) is 0 Å². The van der Waals surface area contributed by atoms with E-state index in [-0.39, 0.29) is 11.8 Å². The van der Waals surface area contributed by atoms with Crippen LogP contribution in [0.5, 0.6) is 0 Å². The highest BCUT2D eigenvalue weighted by atomic mass is 79.9. The number of alkyl halides is 1. The van der Waals surface area contributed by atoms with Crippen molar-refractivity contribution in [1.29, 1.82) is 0 Å². The van der Waals surface area contributed by atoms with Crippen molar-refractivity contribution in [3.8, 4) is 0 Å². The van der Waals surface area contributed by atoms with Gasteiger partial charge in [-0.1, -0.05) is 12.1 Å². The average molecular weight is 388 g/mol. The molecule has 1 aliphatic heterocycles. The monoisotopic (exact) mass is 386 g/mol. The van der Waals surface area contributed by atoms with Gasteiger partial charge in [0.1, 0.15) is 0 Å². The first kappa shape index (κ1) is 17.3. The summed E-state index contributed by atoms with van der Waals surface area (Å²) in [5, 5.41) is 0. The molecule has 0 aliphatic carbocycles. The molecule has 1 heterocycles. The van der Waals surface area contributed by atoms with E-state index in [4.69, 9.17) is 11.6 Å². The fourth-order valence-corrected chi connectivity index (χ4v) is 2.97. The average Bonchev–Trinajstić information content (AvgIpc) is 2.54. The summed E-state index contributed by atoms with van der Waals surface area (Å²) < 4.78 is 0.793. The molecule has 0 saturated carbocycles. The van der Waals surface area contributed by atoms with Crippen LogP contribution in [-0.2, 0) is 4.79 Å². The molecule has 1 aromatic carbocycles. The molecule has 0 aromatic heterocycles. The van der Waals surface area contributed by atoms with Crippen LogP contribution in [0.2, 0.25) is 0 Å². The highest BCUT2D eigenvalue weighted by Gasteiger charge is 2.33. The SMILES string of the molecule is CC(C)(CCl)C(=O)N1CCN(C(=O)c2ccccc2Br)CC1. The predicted molar refractivity (Wildman–Crippen MR) is 91.1 cm³/mol. The molecule has 0 N–H and O–H groups in total. The quantitative estimate of drug-likeness (QED) is 0.748. The fourth-order valence-electron chi connectivity index (χ4n) is 2.40. The summed E-state index contributed by atoms with van der Waals surface area (Å²) in [5.74, 6) is 0.341. The van der Waals surface area contributed by atoms with E-state index in [0.29, 0.717) is 37.6 Å². The number of hydrogen-bond acceptors (Lipinski definition) is 2. The minimum absolute atomic E-state index is 0.00354. The van der Waals surface area contributed by atoms with E-state index in [1.807, 2.05) is 32.0 Å². The van der Waals surface area contributed by atoms with E-state index in [1.165, 1.54) is 0 Å². The maximum absolute atomic E-state index is 12.5. The van der Waals surface area contributed by atoms with Crippen molar-refractivity contribution in [3.63, 3.8) is 0 Å². The predicted octanol–water partition coefficient (Wildman–Crippen LogP) is 3.00. The third kappa shape index (κ3) is 3.63. The van der Waals surface area contributed by atoms with Gasteiger partial charge in [0.05, 0.1) is 11.0 Å². The fraction of sp³-hybridized carbons (Fsp3) is 0.500. The largest absolute Gasteiger partial charge is 0.339 e. The van der Waals surface area contributed by atoms with Gasteiger partial charge in [-0.3, -0.25) is 9.59 Å². The molecule has 4 nitrogen and oxygen atoms in total. The molecular formula is C16H20BrClN2O2. The summed E-state index contributed by atoms with van der Waals surface area (Å²) in [4.78, 5) is 28.5. The molecular weight excluding hydrogens is 368 g/mol. The van der Waals surface area contributed by atoms with Crippen LogP contribution in [0.1, 0.15) is 24.2 Å². The van der Waals surface area contributed by atoms with Gasteiger partial charge in [-0.05, 0) is 41.9 Å². The molecule has 1 aliphatic rings. The Labute approximate surface area is 144 Å². The van der Waals surface area contributed by atoms with E-state index in [2.05, 4.69) is 15.9 Å². The molecule has 2 rings (SSSR count). The van der Waals surface area contributed by atoms with Crippen LogP contribution in [-0.4, -0.2) is 53.7 Å². The number of carbonyl (C=O) groups excluding carboxylic acids is 2. The van der Waals surface area contributed by atoms with Gasteiger partial charge in [0.15, 0.2) is 0 Å². The summed E-state index contributed by atoms with van der Waals surface area (Å²) in [5.41, 5.74) is 0.0966. The molecule has 2 amide bonds. The Morgan fingerprint density at radius 3 is 2.23 bits per heavy atom. The topological polar surface area (TPSA) is 40.6 Å². The summed E-state index contributed by atoms with van der Waals surface area (Å²) in [6.45, 7) is 5.89. The Hall–Kier alpha value is -1.07. The second kappa shape index (κ2) is 7.01. The highest BCUT2D eigenvalue weighted by Crippen LogP contribution is 2.23. The van der Waals surface area contributed by atoms with E-state index in [1.54, 1.807) is 15.9 Å². The molecule has 120 valence electrons. The number of rotatable bonds is 3. The van der Waals surface area contributed by atoms with Crippen LogP contribution in [0, 0.1) is 5.41 Å². The minimum Gasteiger partial charge on any atom is -0.339 e. The third-order valence-electron chi connectivity index (χ3n) is 3.87. The molecule has 0 radical (unpaired) electrons. The maximum Gasteiger partial charge on any atom is 0.255 e. The smallest absolute Gasteiger partial charge is 0.255 e. The van der Waals surface area contributed by atoms with Crippen molar-refractivity contribution >= 4 is 39.3 Å². The van der Waals surface area contributed by atoms with Gasteiger partial charge in [0, 0.05) is 36.5 Å². The first-order valence-corrected chi connectivity index (χ1v) is 8.59. The van der Waals surface area contributed by atoms with Crippen molar-refractivity contribution < 1.29 is 9.59 Å². The Balaban J connectivity index is 1.99. The molecule has 0 unspecified atom stereocenters. The van der Waals surface area contributed by atoms with Crippen LogP contribution in [0.4, 0.5) is 0 Å². The van der Waals surface area contributed by atoms with Gasteiger partial charge in [-0.15, -0.1) is 11.6 Å². The number of carbonyl (C=O) groups is 2. The lowest BCUT2D eigenvalue weighted by atomic mass is 9.94. The number of halogens is 2. The van der Waals surface area contributed by atoms with Crippen molar-refractivity contribution in [2.24, 2.45) is 5.41 Å². The molecule has 0 bridgehead atoms. The molecule has 22 heavy (non-hydrogen) atoms. The lowest BCUT2D eigenvalue weighted by Gasteiger charge is -2.38. The summed E-state index contributed by atoms with van der Waals surface area (Å²) in [6, 6.07) is 7.39. The molecule has 1 aromatic rings. The van der Waals surface area contributed by atoms with Crippen LogP contribution in [0.15, 0.2) is 28.7 Å². The molecule has 1 fully saturated rings. The van der Waals surface area contributed by atoms with Gasteiger partial charge in [-0.2, -0.15) is 0 Å². The number of hydrogen-bond donors (Lipinski definition) is 0. The Morgan fingerprint density at radius 2 is 1.68 bits per heavy atom. The zero-order valence-electron chi connectivity index (χ0n) is 12.8. The third-order valence-corrected chi connectivity index (χ3v) is 5.23. The van der Waals surface area contributed by atoms with Crippen molar-refractivity contribution in [1.82, 2.24) is 9.80 Å². The molecule has 6 heteroatoms. The standard InChI is InChI=1S/C16H20BrClN2O2/c1-16(2,11-18)15(22)20-9-7-19(8-10-20)14(21)12-5-3-4-6-13(12)17/h3-6H,7-11H2,1-2H3. The number of nitrogens with zero attached hydrogens (tertiary/aromatic N) is 2. The number of piperazine rings is 1. The lowest BCUT2D eigenvalue weighted by molar-refractivity contribution is -0.140. The summed E-state index contributed by atoms with van der Waals surface area (Å²) in [6.07, 6.45) is 0. The van der Waals surface area contributed by atoms with Gasteiger partial charge in [0.2, 0.25) is 5.91 Å². The number of benzene rings is 1. The molecule has 1 saturated heterocycles. The minimum atomic E-state index is -0.559. The van der Waals surface area contributed by atoms with E-state index < -0.39 is 5.41 Å². The zero-order valence-corrected chi connectivity index (χ0v) is 15.2. The number of amides is 2. The first-order chi connectivity index (χ1) is 10.4. The second-order valence-electron chi connectivity index (χ2n) is 6.08. The lowest BCUT2D eigenvalue weighted by Crippen LogP contribution is -2.53. The molecule has 0 atom stereocenters. The van der Waals surface area contributed by atoms with Gasteiger partial charge >= 0.3 is 0 Å². The van der Waals surface area contributed by atoms with Gasteiger partial charge in [-0.25, -0.2) is 0 Å². The second-order valence-corrected chi connectivity index (χ2v) is 7.20. The maximum atomic E-state index is 12.5.